The summed E-state index contributed by atoms with van der Waals surface area (Å²) in [5.41, 5.74) is 0.740. The van der Waals surface area contributed by atoms with E-state index in [-0.39, 0.29) is 24.4 Å². The maximum atomic E-state index is 13.0. The number of carbonyl (C=O) groups excluding carboxylic acids is 1. The van der Waals surface area contributed by atoms with Crippen LogP contribution < -0.4 is 5.32 Å². The van der Waals surface area contributed by atoms with Crippen LogP contribution in [0, 0.1) is 11.7 Å². The van der Waals surface area contributed by atoms with Gasteiger partial charge in [-0.2, -0.15) is 0 Å². The van der Waals surface area contributed by atoms with Crippen LogP contribution in [0.2, 0.25) is 0 Å². The third kappa shape index (κ3) is 4.56. The first-order valence-electron chi connectivity index (χ1n) is 7.17. The lowest BCUT2D eigenvalue weighted by Crippen LogP contribution is -2.38. The minimum absolute atomic E-state index is 0.00158. The summed E-state index contributed by atoms with van der Waals surface area (Å²) >= 11 is 0. The molecule has 0 spiro atoms. The molecule has 110 valence electrons. The van der Waals surface area contributed by atoms with Crippen molar-refractivity contribution in [1.82, 2.24) is 10.3 Å². The molecule has 0 radical (unpaired) electrons. The minimum Gasteiger partial charge on any atom is -0.396 e. The van der Waals surface area contributed by atoms with E-state index in [1.165, 1.54) is 6.07 Å². The number of pyridine rings is 1. The standard InChI is InChI=1S/C15H21FN2O2/c16-13-7-12(8-17-9-13)3-6-15(20)18-14-4-1-11(10-19)2-5-14/h7-9,11,14,19H,1-6,10H2,(H,18,20). The van der Waals surface area contributed by atoms with Crippen molar-refractivity contribution in [2.45, 2.75) is 44.6 Å². The topological polar surface area (TPSA) is 62.2 Å². The number of nitrogens with zero attached hydrogens (tertiary/aromatic N) is 1. The number of nitrogens with one attached hydrogen (secondary N) is 1. The Morgan fingerprint density at radius 3 is 2.75 bits per heavy atom. The highest BCUT2D eigenvalue weighted by molar-refractivity contribution is 5.76. The molecule has 2 rings (SSSR count). The van der Waals surface area contributed by atoms with E-state index in [2.05, 4.69) is 10.3 Å². The number of hydrogen-bond donors (Lipinski definition) is 2. The summed E-state index contributed by atoms with van der Waals surface area (Å²) in [7, 11) is 0. The second-order valence-corrected chi connectivity index (χ2v) is 5.48. The number of carbonyl (C=O) groups is 1. The summed E-state index contributed by atoms with van der Waals surface area (Å²) in [4.78, 5) is 15.6. The number of aliphatic hydroxyl groups is 1. The molecule has 1 amide bonds. The smallest absolute Gasteiger partial charge is 0.220 e. The number of aliphatic hydroxyl groups excluding tert-OH is 1. The number of aryl methyl sites for hydroxylation is 1. The van der Waals surface area contributed by atoms with Crippen LogP contribution in [-0.2, 0) is 11.2 Å². The van der Waals surface area contributed by atoms with Crippen molar-refractivity contribution in [3.05, 3.63) is 29.8 Å². The Balaban J connectivity index is 1.71. The summed E-state index contributed by atoms with van der Waals surface area (Å²) < 4.78 is 13.0. The molecule has 1 fully saturated rings. The molecule has 4 nitrogen and oxygen atoms in total. The second kappa shape index (κ2) is 7.33. The third-order valence-electron chi connectivity index (χ3n) is 3.87. The fraction of sp³-hybridized carbons (Fsp3) is 0.600. The van der Waals surface area contributed by atoms with E-state index in [9.17, 15) is 9.18 Å². The molecular weight excluding hydrogens is 259 g/mol. The molecule has 5 heteroatoms. The minimum atomic E-state index is -0.370. The highest BCUT2D eigenvalue weighted by atomic mass is 19.1. The number of halogens is 1. The first-order valence-corrected chi connectivity index (χ1v) is 7.17. The molecule has 2 N–H and O–H groups in total. The predicted octanol–water partition coefficient (Wildman–Crippen LogP) is 1.82. The van der Waals surface area contributed by atoms with E-state index in [1.807, 2.05) is 0 Å². The van der Waals surface area contributed by atoms with Crippen molar-refractivity contribution in [3.63, 3.8) is 0 Å². The van der Waals surface area contributed by atoms with Crippen LogP contribution in [-0.4, -0.2) is 28.6 Å². The van der Waals surface area contributed by atoms with Crippen molar-refractivity contribution in [2.24, 2.45) is 5.92 Å². The van der Waals surface area contributed by atoms with Gasteiger partial charge in [0.25, 0.3) is 0 Å². The summed E-state index contributed by atoms with van der Waals surface area (Å²) in [6.45, 7) is 0.243. The van der Waals surface area contributed by atoms with Gasteiger partial charge in [0.15, 0.2) is 0 Å². The van der Waals surface area contributed by atoms with Crippen LogP contribution in [0.15, 0.2) is 18.5 Å². The van der Waals surface area contributed by atoms with Crippen molar-refractivity contribution >= 4 is 5.91 Å². The molecule has 1 aromatic rings. The molecule has 1 aliphatic carbocycles. The van der Waals surface area contributed by atoms with E-state index in [0.29, 0.717) is 18.8 Å². The summed E-state index contributed by atoms with van der Waals surface area (Å²) in [5.74, 6) is 0.0217. The van der Waals surface area contributed by atoms with Gasteiger partial charge in [0, 0.05) is 25.3 Å². The molecule has 0 aliphatic heterocycles. The van der Waals surface area contributed by atoms with Gasteiger partial charge in [-0.1, -0.05) is 0 Å². The van der Waals surface area contributed by atoms with Gasteiger partial charge in [-0.25, -0.2) is 4.39 Å². The van der Waals surface area contributed by atoms with Crippen molar-refractivity contribution in [3.8, 4) is 0 Å². The lowest BCUT2D eigenvalue weighted by Gasteiger charge is -2.27. The van der Waals surface area contributed by atoms with E-state index in [4.69, 9.17) is 5.11 Å². The molecule has 1 heterocycles. The quantitative estimate of drug-likeness (QED) is 0.865. The maximum absolute atomic E-state index is 13.0. The van der Waals surface area contributed by atoms with Gasteiger partial charge in [-0.15, -0.1) is 0 Å². The predicted molar refractivity (Wildman–Crippen MR) is 73.5 cm³/mol. The van der Waals surface area contributed by atoms with Crippen LogP contribution in [0.3, 0.4) is 0 Å². The van der Waals surface area contributed by atoms with Gasteiger partial charge >= 0.3 is 0 Å². The zero-order chi connectivity index (χ0) is 14.4. The zero-order valence-corrected chi connectivity index (χ0v) is 11.5. The number of hydrogen-bond acceptors (Lipinski definition) is 3. The van der Waals surface area contributed by atoms with Crippen LogP contribution in [0.25, 0.3) is 0 Å². The molecule has 0 aromatic carbocycles. The Kier molecular flexibility index (Phi) is 5.47. The van der Waals surface area contributed by atoms with Crippen molar-refractivity contribution in [1.29, 1.82) is 0 Å². The first-order chi connectivity index (χ1) is 9.67. The molecule has 0 atom stereocenters. The largest absolute Gasteiger partial charge is 0.396 e. The Labute approximate surface area is 118 Å². The van der Waals surface area contributed by atoms with Gasteiger partial charge in [0.1, 0.15) is 5.82 Å². The van der Waals surface area contributed by atoms with Crippen molar-refractivity contribution in [2.75, 3.05) is 6.61 Å². The molecule has 1 aliphatic rings. The second-order valence-electron chi connectivity index (χ2n) is 5.48. The molecule has 0 saturated heterocycles. The van der Waals surface area contributed by atoms with E-state index >= 15 is 0 Å². The number of aromatic nitrogens is 1. The number of amides is 1. The molecule has 0 bridgehead atoms. The van der Waals surface area contributed by atoms with Crippen LogP contribution in [0.5, 0.6) is 0 Å². The summed E-state index contributed by atoms with van der Waals surface area (Å²) in [6.07, 6.45) is 7.39. The average molecular weight is 280 g/mol. The van der Waals surface area contributed by atoms with Gasteiger partial charge in [0.2, 0.25) is 5.91 Å². The zero-order valence-electron chi connectivity index (χ0n) is 11.5. The Morgan fingerprint density at radius 1 is 1.35 bits per heavy atom. The Morgan fingerprint density at radius 2 is 2.10 bits per heavy atom. The average Bonchev–Trinajstić information content (AvgIpc) is 2.46. The highest BCUT2D eigenvalue weighted by Gasteiger charge is 2.21. The first kappa shape index (κ1) is 14.9. The molecule has 1 aromatic heterocycles. The summed E-state index contributed by atoms with van der Waals surface area (Å²) in [5, 5.41) is 12.1. The van der Waals surface area contributed by atoms with Gasteiger partial charge in [-0.05, 0) is 49.7 Å². The van der Waals surface area contributed by atoms with E-state index in [0.717, 1.165) is 37.4 Å². The maximum Gasteiger partial charge on any atom is 0.220 e. The monoisotopic (exact) mass is 280 g/mol. The Hall–Kier alpha value is -1.49. The SMILES string of the molecule is O=C(CCc1cncc(F)c1)NC1CCC(CO)CC1. The van der Waals surface area contributed by atoms with E-state index < -0.39 is 0 Å². The molecule has 20 heavy (non-hydrogen) atoms. The van der Waals surface area contributed by atoms with Gasteiger partial charge < -0.3 is 10.4 Å². The fourth-order valence-corrected chi connectivity index (χ4v) is 2.64. The highest BCUT2D eigenvalue weighted by Crippen LogP contribution is 2.23. The Bertz CT molecular complexity index is 445. The van der Waals surface area contributed by atoms with Crippen LogP contribution in [0.4, 0.5) is 4.39 Å². The summed E-state index contributed by atoms with van der Waals surface area (Å²) in [6, 6.07) is 1.63. The fourth-order valence-electron chi connectivity index (χ4n) is 2.64. The van der Waals surface area contributed by atoms with Crippen molar-refractivity contribution < 1.29 is 14.3 Å². The normalized spacial score (nSPS) is 22.5. The van der Waals surface area contributed by atoms with E-state index in [1.54, 1.807) is 6.20 Å². The number of rotatable bonds is 5. The van der Waals surface area contributed by atoms with Gasteiger partial charge in [0.05, 0.1) is 6.20 Å². The third-order valence-corrected chi connectivity index (χ3v) is 3.87. The van der Waals surface area contributed by atoms with Crippen LogP contribution in [0.1, 0.15) is 37.7 Å². The van der Waals surface area contributed by atoms with Gasteiger partial charge in [-0.3, -0.25) is 9.78 Å². The molecule has 1 saturated carbocycles. The lowest BCUT2D eigenvalue weighted by atomic mass is 9.86. The molecule has 0 unspecified atom stereocenters. The van der Waals surface area contributed by atoms with Crippen LogP contribution >= 0.6 is 0 Å². The lowest BCUT2D eigenvalue weighted by molar-refractivity contribution is -0.122. The molecular formula is C15H21FN2O2.